The molecule has 1 aromatic heterocycles. The average Bonchev–Trinajstić information content (AvgIpc) is 2.71. The van der Waals surface area contributed by atoms with E-state index in [0.717, 1.165) is 25.9 Å². The zero-order valence-corrected chi connectivity index (χ0v) is 9.35. The SMILES string of the molecule is O=C(O)C1(Cc2cccs2)CCNCC1. The Labute approximate surface area is 93.1 Å². The molecule has 0 atom stereocenters. The summed E-state index contributed by atoms with van der Waals surface area (Å²) in [5, 5.41) is 14.6. The molecule has 82 valence electrons. The van der Waals surface area contributed by atoms with Gasteiger partial charge in [-0.2, -0.15) is 0 Å². The number of nitrogens with one attached hydrogen (secondary N) is 1. The van der Waals surface area contributed by atoms with Gasteiger partial charge in [0, 0.05) is 4.88 Å². The first-order valence-corrected chi connectivity index (χ1v) is 6.07. The van der Waals surface area contributed by atoms with Gasteiger partial charge in [-0.3, -0.25) is 4.79 Å². The molecule has 2 N–H and O–H groups in total. The van der Waals surface area contributed by atoms with Crippen molar-refractivity contribution >= 4 is 17.3 Å². The van der Waals surface area contributed by atoms with E-state index in [-0.39, 0.29) is 0 Å². The highest BCUT2D eigenvalue weighted by Crippen LogP contribution is 2.34. The Kier molecular flexibility index (Phi) is 3.07. The Hall–Kier alpha value is -0.870. The molecular formula is C11H15NO2S. The van der Waals surface area contributed by atoms with Crippen molar-refractivity contribution in [3.8, 4) is 0 Å². The van der Waals surface area contributed by atoms with Crippen LogP contribution in [0.25, 0.3) is 0 Å². The van der Waals surface area contributed by atoms with Crippen LogP contribution >= 0.6 is 11.3 Å². The molecule has 4 heteroatoms. The molecule has 1 aliphatic rings. The molecule has 1 saturated heterocycles. The van der Waals surface area contributed by atoms with E-state index >= 15 is 0 Å². The van der Waals surface area contributed by atoms with Crippen LogP contribution in [0.1, 0.15) is 17.7 Å². The number of hydrogen-bond acceptors (Lipinski definition) is 3. The first kappa shape index (κ1) is 10.6. The van der Waals surface area contributed by atoms with Gasteiger partial charge in [0.25, 0.3) is 0 Å². The molecule has 1 aromatic rings. The summed E-state index contributed by atoms with van der Waals surface area (Å²) in [7, 11) is 0. The fourth-order valence-electron chi connectivity index (χ4n) is 2.12. The molecule has 15 heavy (non-hydrogen) atoms. The second-order valence-electron chi connectivity index (χ2n) is 4.09. The lowest BCUT2D eigenvalue weighted by Gasteiger charge is -2.33. The van der Waals surface area contributed by atoms with Crippen molar-refractivity contribution in [1.29, 1.82) is 0 Å². The van der Waals surface area contributed by atoms with Crippen LogP contribution in [0.4, 0.5) is 0 Å². The zero-order chi connectivity index (χ0) is 10.7. The smallest absolute Gasteiger partial charge is 0.310 e. The number of piperidine rings is 1. The number of carbonyl (C=O) groups is 1. The van der Waals surface area contributed by atoms with Gasteiger partial charge >= 0.3 is 5.97 Å². The molecule has 3 nitrogen and oxygen atoms in total. The highest BCUT2D eigenvalue weighted by molar-refractivity contribution is 7.09. The van der Waals surface area contributed by atoms with Gasteiger partial charge in [0.15, 0.2) is 0 Å². The average molecular weight is 225 g/mol. The van der Waals surface area contributed by atoms with Crippen LogP contribution in [-0.4, -0.2) is 24.2 Å². The summed E-state index contributed by atoms with van der Waals surface area (Å²) in [6.45, 7) is 1.63. The van der Waals surface area contributed by atoms with Gasteiger partial charge in [-0.15, -0.1) is 11.3 Å². The first-order valence-electron chi connectivity index (χ1n) is 5.19. The van der Waals surface area contributed by atoms with E-state index in [1.807, 2.05) is 17.5 Å². The number of aliphatic carboxylic acids is 1. The lowest BCUT2D eigenvalue weighted by Crippen LogP contribution is -2.43. The fourth-order valence-corrected chi connectivity index (χ4v) is 2.97. The normalized spacial score (nSPS) is 20.0. The summed E-state index contributed by atoms with van der Waals surface area (Å²) >= 11 is 1.65. The van der Waals surface area contributed by atoms with E-state index < -0.39 is 11.4 Å². The molecule has 0 aromatic carbocycles. The molecule has 0 saturated carbocycles. The highest BCUT2D eigenvalue weighted by Gasteiger charge is 2.39. The summed E-state index contributed by atoms with van der Waals surface area (Å²) in [5.41, 5.74) is -0.532. The van der Waals surface area contributed by atoms with Crippen LogP contribution in [0.3, 0.4) is 0 Å². The van der Waals surface area contributed by atoms with Crippen molar-refractivity contribution in [2.75, 3.05) is 13.1 Å². The first-order chi connectivity index (χ1) is 7.23. The minimum atomic E-state index is -0.641. The van der Waals surface area contributed by atoms with Gasteiger partial charge in [0.05, 0.1) is 5.41 Å². The summed E-state index contributed by atoms with van der Waals surface area (Å²) in [6, 6.07) is 4.01. The van der Waals surface area contributed by atoms with E-state index in [9.17, 15) is 9.90 Å². The van der Waals surface area contributed by atoms with E-state index in [0.29, 0.717) is 6.42 Å². The maximum absolute atomic E-state index is 11.4. The molecular weight excluding hydrogens is 210 g/mol. The van der Waals surface area contributed by atoms with Crippen molar-refractivity contribution in [3.05, 3.63) is 22.4 Å². The highest BCUT2D eigenvalue weighted by atomic mass is 32.1. The number of hydrogen-bond donors (Lipinski definition) is 2. The van der Waals surface area contributed by atoms with Crippen LogP contribution < -0.4 is 5.32 Å². The quantitative estimate of drug-likeness (QED) is 0.824. The molecule has 0 unspecified atom stereocenters. The third-order valence-electron chi connectivity index (χ3n) is 3.11. The maximum Gasteiger partial charge on any atom is 0.310 e. The number of carboxylic acid groups (broad SMARTS) is 1. The van der Waals surface area contributed by atoms with Crippen LogP contribution in [0.5, 0.6) is 0 Å². The molecule has 0 radical (unpaired) electrons. The van der Waals surface area contributed by atoms with Crippen molar-refractivity contribution in [2.24, 2.45) is 5.41 Å². The largest absolute Gasteiger partial charge is 0.481 e. The van der Waals surface area contributed by atoms with E-state index in [1.165, 1.54) is 4.88 Å². The second kappa shape index (κ2) is 4.33. The van der Waals surface area contributed by atoms with Gasteiger partial charge in [0.1, 0.15) is 0 Å². The Balaban J connectivity index is 2.15. The summed E-state index contributed by atoms with van der Waals surface area (Å²) in [6.07, 6.45) is 2.15. The van der Waals surface area contributed by atoms with Gasteiger partial charge in [-0.1, -0.05) is 6.07 Å². The number of carboxylic acids is 1. The minimum absolute atomic E-state index is 0.532. The predicted molar refractivity (Wildman–Crippen MR) is 60.2 cm³/mol. The topological polar surface area (TPSA) is 49.3 Å². The summed E-state index contributed by atoms with van der Waals surface area (Å²) < 4.78 is 0. The lowest BCUT2D eigenvalue weighted by molar-refractivity contribution is -0.150. The number of rotatable bonds is 3. The Morgan fingerprint density at radius 2 is 2.27 bits per heavy atom. The molecule has 2 rings (SSSR count). The standard InChI is InChI=1S/C11H15NO2S/c13-10(14)11(3-5-12-6-4-11)8-9-2-1-7-15-9/h1-2,7,12H,3-6,8H2,(H,13,14). The van der Waals surface area contributed by atoms with Gasteiger partial charge in [-0.05, 0) is 43.8 Å². The second-order valence-corrected chi connectivity index (χ2v) is 5.12. The molecule has 0 aliphatic carbocycles. The van der Waals surface area contributed by atoms with Crippen LogP contribution in [0, 0.1) is 5.41 Å². The third kappa shape index (κ3) is 2.21. The van der Waals surface area contributed by atoms with Crippen LogP contribution in [-0.2, 0) is 11.2 Å². The van der Waals surface area contributed by atoms with Crippen LogP contribution in [0.2, 0.25) is 0 Å². The molecule has 0 amide bonds. The van der Waals surface area contributed by atoms with Gasteiger partial charge in [0.2, 0.25) is 0 Å². The summed E-state index contributed by atoms with van der Waals surface area (Å²) in [4.78, 5) is 12.6. The predicted octanol–water partition coefficient (Wildman–Crippen LogP) is 1.75. The lowest BCUT2D eigenvalue weighted by atomic mass is 9.76. The third-order valence-corrected chi connectivity index (χ3v) is 3.98. The Morgan fingerprint density at radius 3 is 2.80 bits per heavy atom. The van der Waals surface area contributed by atoms with Crippen LogP contribution in [0.15, 0.2) is 17.5 Å². The van der Waals surface area contributed by atoms with E-state index in [1.54, 1.807) is 11.3 Å². The molecule has 0 spiro atoms. The zero-order valence-electron chi connectivity index (χ0n) is 8.53. The maximum atomic E-state index is 11.4. The Morgan fingerprint density at radius 1 is 1.53 bits per heavy atom. The van der Waals surface area contributed by atoms with E-state index in [2.05, 4.69) is 5.32 Å². The monoisotopic (exact) mass is 225 g/mol. The van der Waals surface area contributed by atoms with Crippen molar-refractivity contribution in [1.82, 2.24) is 5.32 Å². The molecule has 1 fully saturated rings. The molecule has 2 heterocycles. The molecule has 1 aliphatic heterocycles. The van der Waals surface area contributed by atoms with Crippen molar-refractivity contribution in [2.45, 2.75) is 19.3 Å². The van der Waals surface area contributed by atoms with E-state index in [4.69, 9.17) is 0 Å². The van der Waals surface area contributed by atoms with Crippen molar-refractivity contribution in [3.63, 3.8) is 0 Å². The molecule has 0 bridgehead atoms. The minimum Gasteiger partial charge on any atom is -0.481 e. The summed E-state index contributed by atoms with van der Waals surface area (Å²) in [5.74, 6) is -0.641. The number of thiophene rings is 1. The van der Waals surface area contributed by atoms with Gasteiger partial charge in [-0.25, -0.2) is 0 Å². The fraction of sp³-hybridized carbons (Fsp3) is 0.545. The van der Waals surface area contributed by atoms with Crippen molar-refractivity contribution < 1.29 is 9.90 Å². The van der Waals surface area contributed by atoms with Gasteiger partial charge < -0.3 is 10.4 Å². The Bertz CT molecular complexity index is 328.